The Hall–Kier alpha value is -2.35. The third-order valence-electron chi connectivity index (χ3n) is 5.72. The molecule has 3 atom stereocenters. The molecule has 0 aromatic heterocycles. The lowest BCUT2D eigenvalue weighted by Gasteiger charge is -2.32. The SMILES string of the molecule is OC[C@@H]1C[C@H](O)C[C@H](c2ccc(Cl)c(Cc3ccc(C#CC4=CCCC=C4)cc3)c2)O1. The molecule has 3 nitrogen and oxygen atoms in total. The number of ether oxygens (including phenoxy) is 1. The molecular formula is C27H27ClO3. The summed E-state index contributed by atoms with van der Waals surface area (Å²) >= 11 is 6.47. The molecule has 31 heavy (non-hydrogen) atoms. The van der Waals surface area contributed by atoms with Crippen molar-refractivity contribution in [3.05, 3.63) is 93.5 Å². The van der Waals surface area contributed by atoms with Gasteiger partial charge in [-0.15, -0.1) is 0 Å². The van der Waals surface area contributed by atoms with Crippen LogP contribution in [0.5, 0.6) is 0 Å². The summed E-state index contributed by atoms with van der Waals surface area (Å²) in [6, 6.07) is 14.1. The quantitative estimate of drug-likeness (QED) is 0.655. The molecule has 0 amide bonds. The molecule has 1 fully saturated rings. The zero-order valence-corrected chi connectivity index (χ0v) is 18.2. The van der Waals surface area contributed by atoms with E-state index in [9.17, 15) is 10.2 Å². The molecule has 0 bridgehead atoms. The van der Waals surface area contributed by atoms with E-state index in [2.05, 4.69) is 48.3 Å². The van der Waals surface area contributed by atoms with E-state index in [1.54, 1.807) is 0 Å². The number of halogens is 1. The zero-order valence-electron chi connectivity index (χ0n) is 17.4. The summed E-state index contributed by atoms with van der Waals surface area (Å²) in [7, 11) is 0. The van der Waals surface area contributed by atoms with E-state index in [-0.39, 0.29) is 18.8 Å². The van der Waals surface area contributed by atoms with Crippen LogP contribution in [0.3, 0.4) is 0 Å². The zero-order chi connectivity index (χ0) is 21.6. The van der Waals surface area contributed by atoms with E-state index >= 15 is 0 Å². The van der Waals surface area contributed by atoms with Crippen molar-refractivity contribution in [2.24, 2.45) is 0 Å². The normalized spacial score (nSPS) is 23.1. The van der Waals surface area contributed by atoms with Crippen LogP contribution < -0.4 is 0 Å². The molecule has 2 N–H and O–H groups in total. The number of allylic oxidation sites excluding steroid dienone is 4. The van der Waals surface area contributed by atoms with Gasteiger partial charge >= 0.3 is 0 Å². The molecular weight excluding hydrogens is 408 g/mol. The Labute approximate surface area is 189 Å². The highest BCUT2D eigenvalue weighted by atomic mass is 35.5. The molecule has 1 saturated heterocycles. The first kappa shape index (κ1) is 21.9. The molecule has 0 saturated carbocycles. The lowest BCUT2D eigenvalue weighted by molar-refractivity contribution is -0.113. The van der Waals surface area contributed by atoms with Crippen molar-refractivity contribution >= 4 is 11.6 Å². The topological polar surface area (TPSA) is 49.7 Å². The van der Waals surface area contributed by atoms with E-state index < -0.39 is 6.10 Å². The minimum absolute atomic E-state index is 0.0865. The maximum absolute atomic E-state index is 10.1. The summed E-state index contributed by atoms with van der Waals surface area (Å²) in [5.74, 6) is 6.45. The Kier molecular flexibility index (Phi) is 7.27. The van der Waals surface area contributed by atoms with E-state index in [4.69, 9.17) is 16.3 Å². The molecule has 4 heteroatoms. The monoisotopic (exact) mass is 434 g/mol. The van der Waals surface area contributed by atoms with Crippen LogP contribution in [0.2, 0.25) is 5.02 Å². The van der Waals surface area contributed by atoms with Crippen molar-refractivity contribution in [3.63, 3.8) is 0 Å². The lowest BCUT2D eigenvalue weighted by Crippen LogP contribution is -2.33. The first-order valence-electron chi connectivity index (χ1n) is 10.8. The molecule has 2 aromatic carbocycles. The molecule has 2 aliphatic rings. The predicted molar refractivity (Wildman–Crippen MR) is 124 cm³/mol. The number of hydrogen-bond donors (Lipinski definition) is 2. The molecule has 1 aliphatic heterocycles. The van der Waals surface area contributed by atoms with Gasteiger partial charge in [-0.25, -0.2) is 0 Å². The fourth-order valence-corrected chi connectivity index (χ4v) is 4.21. The summed E-state index contributed by atoms with van der Waals surface area (Å²) < 4.78 is 5.95. The minimum atomic E-state index is -0.469. The third-order valence-corrected chi connectivity index (χ3v) is 6.09. The Balaban J connectivity index is 1.46. The molecule has 1 heterocycles. The number of hydrogen-bond acceptors (Lipinski definition) is 3. The van der Waals surface area contributed by atoms with Crippen LogP contribution >= 0.6 is 11.6 Å². The van der Waals surface area contributed by atoms with Crippen LogP contribution in [-0.2, 0) is 11.2 Å². The Bertz CT molecular complexity index is 1030. The van der Waals surface area contributed by atoms with Crippen LogP contribution in [0.15, 0.2) is 66.3 Å². The van der Waals surface area contributed by atoms with Gasteiger partial charge in [0.25, 0.3) is 0 Å². The Morgan fingerprint density at radius 2 is 1.87 bits per heavy atom. The molecule has 0 radical (unpaired) electrons. The highest BCUT2D eigenvalue weighted by Crippen LogP contribution is 2.33. The highest BCUT2D eigenvalue weighted by Gasteiger charge is 2.29. The maximum atomic E-state index is 10.1. The van der Waals surface area contributed by atoms with E-state index in [0.717, 1.165) is 40.7 Å². The largest absolute Gasteiger partial charge is 0.394 e. The highest BCUT2D eigenvalue weighted by molar-refractivity contribution is 6.31. The Morgan fingerprint density at radius 3 is 2.61 bits per heavy atom. The Morgan fingerprint density at radius 1 is 1.03 bits per heavy atom. The molecule has 160 valence electrons. The number of aliphatic hydroxyl groups excluding tert-OH is 2. The van der Waals surface area contributed by atoms with Gasteiger partial charge in [-0.2, -0.15) is 0 Å². The van der Waals surface area contributed by atoms with Gasteiger partial charge < -0.3 is 14.9 Å². The summed E-state index contributed by atoms with van der Waals surface area (Å²) in [4.78, 5) is 0. The second kappa shape index (κ2) is 10.3. The fourth-order valence-electron chi connectivity index (χ4n) is 4.03. The average molecular weight is 435 g/mol. The molecule has 0 unspecified atom stereocenters. The summed E-state index contributed by atoms with van der Waals surface area (Å²) in [5.41, 5.74) is 5.22. The second-order valence-corrected chi connectivity index (χ2v) is 8.58. The van der Waals surface area contributed by atoms with Crippen molar-refractivity contribution < 1.29 is 14.9 Å². The van der Waals surface area contributed by atoms with Gasteiger partial charge in [-0.05, 0) is 54.2 Å². The lowest BCUT2D eigenvalue weighted by atomic mass is 9.94. The standard InChI is InChI=1S/C27H27ClO3/c28-26-13-12-22(27-17-24(30)16-25(18-29)31-27)15-23(26)14-21-10-8-20(9-11-21)7-6-19-4-2-1-3-5-19/h2,4-5,8-13,15,24-25,27,29-30H,1,3,14,16-18H2/t24-,25-,27+/m0/s1. The van der Waals surface area contributed by atoms with Crippen LogP contribution in [0.1, 0.15) is 54.0 Å². The van der Waals surface area contributed by atoms with Gasteiger partial charge in [0.05, 0.1) is 24.9 Å². The fraction of sp³-hybridized carbons (Fsp3) is 0.333. The van der Waals surface area contributed by atoms with Crippen LogP contribution in [0.25, 0.3) is 0 Å². The van der Waals surface area contributed by atoms with Crippen LogP contribution in [0, 0.1) is 11.8 Å². The summed E-state index contributed by atoms with van der Waals surface area (Å²) in [6.07, 6.45) is 9.23. The number of aliphatic hydroxyl groups is 2. The van der Waals surface area contributed by atoms with Gasteiger partial charge in [-0.1, -0.05) is 65.9 Å². The molecule has 2 aromatic rings. The summed E-state index contributed by atoms with van der Waals surface area (Å²) in [5, 5.41) is 20.3. The van der Waals surface area contributed by atoms with Crippen molar-refractivity contribution in [2.45, 2.75) is 50.4 Å². The van der Waals surface area contributed by atoms with Gasteiger partial charge in [0.15, 0.2) is 0 Å². The van der Waals surface area contributed by atoms with Crippen molar-refractivity contribution in [1.29, 1.82) is 0 Å². The van der Waals surface area contributed by atoms with Crippen molar-refractivity contribution in [3.8, 4) is 11.8 Å². The molecule has 0 spiro atoms. The first-order valence-corrected chi connectivity index (χ1v) is 11.2. The predicted octanol–water partition coefficient (Wildman–Crippen LogP) is 5.13. The first-order chi connectivity index (χ1) is 15.1. The van der Waals surface area contributed by atoms with Gasteiger partial charge in [0, 0.05) is 29.0 Å². The third kappa shape index (κ3) is 5.87. The smallest absolute Gasteiger partial charge is 0.0854 e. The van der Waals surface area contributed by atoms with Gasteiger partial charge in [-0.3, -0.25) is 0 Å². The van der Waals surface area contributed by atoms with Crippen LogP contribution in [0.4, 0.5) is 0 Å². The van der Waals surface area contributed by atoms with E-state index in [1.165, 1.54) is 0 Å². The van der Waals surface area contributed by atoms with E-state index in [0.29, 0.717) is 24.3 Å². The van der Waals surface area contributed by atoms with Crippen LogP contribution in [-0.4, -0.2) is 29.0 Å². The molecule has 1 aliphatic carbocycles. The minimum Gasteiger partial charge on any atom is -0.394 e. The maximum Gasteiger partial charge on any atom is 0.0854 e. The molecule has 4 rings (SSSR count). The summed E-state index contributed by atoms with van der Waals surface area (Å²) in [6.45, 7) is -0.0865. The van der Waals surface area contributed by atoms with E-state index in [1.807, 2.05) is 24.3 Å². The second-order valence-electron chi connectivity index (χ2n) is 8.17. The average Bonchev–Trinajstić information content (AvgIpc) is 2.80. The van der Waals surface area contributed by atoms with Gasteiger partial charge in [0.2, 0.25) is 0 Å². The van der Waals surface area contributed by atoms with Crippen molar-refractivity contribution in [1.82, 2.24) is 0 Å². The van der Waals surface area contributed by atoms with Crippen molar-refractivity contribution in [2.75, 3.05) is 6.61 Å². The number of benzene rings is 2. The van der Waals surface area contributed by atoms with Gasteiger partial charge in [0.1, 0.15) is 0 Å². The number of rotatable bonds is 4.